The molecule has 6 heteroatoms. The summed E-state index contributed by atoms with van der Waals surface area (Å²) in [4.78, 5) is 9.96. The SMILES string of the molecule is CCOC(C)c1nc(CN2CCN(CC3CCCNC3)CC2)cs1. The van der Waals surface area contributed by atoms with E-state index in [0.717, 1.165) is 37.2 Å². The van der Waals surface area contributed by atoms with Gasteiger partial charge in [-0.15, -0.1) is 11.3 Å². The zero-order valence-corrected chi connectivity index (χ0v) is 16.0. The second-order valence-corrected chi connectivity index (χ2v) is 7.95. The molecule has 2 aliphatic heterocycles. The molecule has 0 radical (unpaired) electrons. The number of ether oxygens (including phenoxy) is 1. The largest absolute Gasteiger partial charge is 0.372 e. The van der Waals surface area contributed by atoms with Crippen LogP contribution in [0.5, 0.6) is 0 Å². The Bertz CT molecular complexity index is 481. The number of hydrogen-bond acceptors (Lipinski definition) is 6. The van der Waals surface area contributed by atoms with Crippen LogP contribution >= 0.6 is 11.3 Å². The van der Waals surface area contributed by atoms with Crippen molar-refractivity contribution in [3.8, 4) is 0 Å². The molecule has 2 unspecified atom stereocenters. The molecule has 136 valence electrons. The van der Waals surface area contributed by atoms with Gasteiger partial charge in [-0.3, -0.25) is 4.90 Å². The van der Waals surface area contributed by atoms with Crippen LogP contribution in [0.2, 0.25) is 0 Å². The number of aromatic nitrogens is 1. The van der Waals surface area contributed by atoms with E-state index in [2.05, 4.69) is 27.4 Å². The van der Waals surface area contributed by atoms with Crippen molar-refractivity contribution in [3.05, 3.63) is 16.1 Å². The lowest BCUT2D eigenvalue weighted by Crippen LogP contribution is -2.48. The Labute approximate surface area is 150 Å². The van der Waals surface area contributed by atoms with E-state index < -0.39 is 0 Å². The highest BCUT2D eigenvalue weighted by Crippen LogP contribution is 2.22. The fraction of sp³-hybridized carbons (Fsp3) is 0.833. The number of piperidine rings is 1. The molecule has 24 heavy (non-hydrogen) atoms. The Kier molecular flexibility index (Phi) is 7.04. The molecule has 3 rings (SSSR count). The highest BCUT2D eigenvalue weighted by molar-refractivity contribution is 7.09. The van der Waals surface area contributed by atoms with E-state index in [1.165, 1.54) is 51.3 Å². The Morgan fingerprint density at radius 3 is 2.83 bits per heavy atom. The Hall–Kier alpha value is -0.530. The summed E-state index contributed by atoms with van der Waals surface area (Å²) in [5, 5.41) is 6.84. The van der Waals surface area contributed by atoms with Crippen molar-refractivity contribution in [2.24, 2.45) is 5.92 Å². The molecule has 2 aliphatic rings. The minimum Gasteiger partial charge on any atom is -0.372 e. The zero-order chi connectivity index (χ0) is 16.8. The summed E-state index contributed by atoms with van der Waals surface area (Å²) in [6.07, 6.45) is 2.86. The molecule has 2 atom stereocenters. The lowest BCUT2D eigenvalue weighted by Gasteiger charge is -2.37. The third kappa shape index (κ3) is 5.23. The Morgan fingerprint density at radius 2 is 2.12 bits per heavy atom. The van der Waals surface area contributed by atoms with Crippen LogP contribution in [0.1, 0.15) is 43.5 Å². The third-order valence-corrected chi connectivity index (χ3v) is 6.15. The van der Waals surface area contributed by atoms with Crippen LogP contribution in [0, 0.1) is 5.92 Å². The van der Waals surface area contributed by atoms with Gasteiger partial charge in [0.25, 0.3) is 0 Å². The Balaban J connectivity index is 1.40. The zero-order valence-electron chi connectivity index (χ0n) is 15.2. The molecule has 0 aromatic carbocycles. The Morgan fingerprint density at radius 1 is 1.33 bits per heavy atom. The van der Waals surface area contributed by atoms with Crippen molar-refractivity contribution in [2.75, 3.05) is 52.4 Å². The molecular weight excluding hydrogens is 320 g/mol. The predicted octanol–water partition coefficient (Wildman–Crippen LogP) is 2.36. The fourth-order valence-corrected chi connectivity index (χ4v) is 4.52. The third-order valence-electron chi connectivity index (χ3n) is 5.10. The maximum absolute atomic E-state index is 5.64. The number of nitrogens with one attached hydrogen (secondary N) is 1. The van der Waals surface area contributed by atoms with E-state index in [4.69, 9.17) is 9.72 Å². The molecule has 1 N–H and O–H groups in total. The van der Waals surface area contributed by atoms with Gasteiger partial charge < -0.3 is 15.0 Å². The molecule has 1 aromatic rings. The average molecular weight is 353 g/mol. The monoisotopic (exact) mass is 352 g/mol. The molecule has 0 bridgehead atoms. The first-order chi connectivity index (χ1) is 11.7. The van der Waals surface area contributed by atoms with E-state index in [0.29, 0.717) is 0 Å². The van der Waals surface area contributed by atoms with Crippen LogP contribution in [0.3, 0.4) is 0 Å². The van der Waals surface area contributed by atoms with Gasteiger partial charge in [0.1, 0.15) is 11.1 Å². The molecular formula is C18H32N4OS. The van der Waals surface area contributed by atoms with Gasteiger partial charge in [-0.25, -0.2) is 4.98 Å². The van der Waals surface area contributed by atoms with Crippen molar-refractivity contribution in [3.63, 3.8) is 0 Å². The summed E-state index contributed by atoms with van der Waals surface area (Å²) < 4.78 is 5.64. The number of hydrogen-bond donors (Lipinski definition) is 1. The second-order valence-electron chi connectivity index (χ2n) is 7.06. The summed E-state index contributed by atoms with van der Waals surface area (Å²) >= 11 is 1.73. The van der Waals surface area contributed by atoms with Crippen LogP contribution < -0.4 is 5.32 Å². The maximum Gasteiger partial charge on any atom is 0.122 e. The van der Waals surface area contributed by atoms with Crippen LogP contribution in [0.4, 0.5) is 0 Å². The van der Waals surface area contributed by atoms with Crippen LogP contribution in [0.15, 0.2) is 5.38 Å². The summed E-state index contributed by atoms with van der Waals surface area (Å²) in [7, 11) is 0. The number of thiazole rings is 1. The predicted molar refractivity (Wildman–Crippen MR) is 99.5 cm³/mol. The van der Waals surface area contributed by atoms with Crippen LogP contribution in [-0.4, -0.2) is 67.2 Å². The van der Waals surface area contributed by atoms with E-state index in [-0.39, 0.29) is 6.10 Å². The molecule has 2 fully saturated rings. The summed E-state index contributed by atoms with van der Waals surface area (Å²) in [6, 6.07) is 0. The van der Waals surface area contributed by atoms with Gasteiger partial charge in [0.2, 0.25) is 0 Å². The van der Waals surface area contributed by atoms with Gasteiger partial charge >= 0.3 is 0 Å². The van der Waals surface area contributed by atoms with E-state index in [1.807, 2.05) is 6.92 Å². The standard InChI is InChI=1S/C18H32N4OS/c1-3-23-15(2)18-20-17(14-24-18)13-22-9-7-21(8-10-22)12-16-5-4-6-19-11-16/h14-16,19H,3-13H2,1-2H3. The maximum atomic E-state index is 5.64. The van der Waals surface area contributed by atoms with Crippen LogP contribution in [0.25, 0.3) is 0 Å². The van der Waals surface area contributed by atoms with Crippen molar-refractivity contribution in [2.45, 2.75) is 39.3 Å². The first kappa shape index (κ1) is 18.3. The van der Waals surface area contributed by atoms with Gasteiger partial charge in [0, 0.05) is 51.3 Å². The molecule has 0 spiro atoms. The average Bonchev–Trinajstić information content (AvgIpc) is 3.06. The van der Waals surface area contributed by atoms with E-state index in [9.17, 15) is 0 Å². The molecule has 3 heterocycles. The normalized spacial score (nSPS) is 25.0. The molecule has 1 aromatic heterocycles. The lowest BCUT2D eigenvalue weighted by atomic mass is 9.99. The highest BCUT2D eigenvalue weighted by atomic mass is 32.1. The minimum atomic E-state index is 0.120. The van der Waals surface area contributed by atoms with Gasteiger partial charge in [-0.1, -0.05) is 0 Å². The van der Waals surface area contributed by atoms with Crippen LogP contribution in [-0.2, 0) is 11.3 Å². The number of piperazine rings is 1. The molecule has 0 aliphatic carbocycles. The smallest absolute Gasteiger partial charge is 0.122 e. The number of nitrogens with zero attached hydrogens (tertiary/aromatic N) is 3. The minimum absolute atomic E-state index is 0.120. The summed E-state index contributed by atoms with van der Waals surface area (Å²) in [6.45, 7) is 14.3. The van der Waals surface area contributed by atoms with Gasteiger partial charge in [-0.2, -0.15) is 0 Å². The lowest BCUT2D eigenvalue weighted by molar-refractivity contribution is 0.0757. The molecule has 0 saturated carbocycles. The first-order valence-electron chi connectivity index (χ1n) is 9.46. The second kappa shape index (κ2) is 9.25. The van der Waals surface area contributed by atoms with Crippen molar-refractivity contribution in [1.29, 1.82) is 0 Å². The summed E-state index contributed by atoms with van der Waals surface area (Å²) in [5.41, 5.74) is 1.20. The van der Waals surface area contributed by atoms with Gasteiger partial charge in [-0.05, 0) is 45.7 Å². The van der Waals surface area contributed by atoms with Crippen molar-refractivity contribution >= 4 is 11.3 Å². The van der Waals surface area contributed by atoms with Gasteiger partial charge in [0.05, 0.1) is 5.69 Å². The van der Waals surface area contributed by atoms with E-state index in [1.54, 1.807) is 11.3 Å². The van der Waals surface area contributed by atoms with Gasteiger partial charge in [0.15, 0.2) is 0 Å². The molecule has 5 nitrogen and oxygen atoms in total. The molecule has 0 amide bonds. The quantitative estimate of drug-likeness (QED) is 0.816. The topological polar surface area (TPSA) is 40.6 Å². The van der Waals surface area contributed by atoms with Crippen molar-refractivity contribution < 1.29 is 4.74 Å². The first-order valence-corrected chi connectivity index (χ1v) is 10.3. The number of rotatable bonds is 7. The summed E-state index contributed by atoms with van der Waals surface area (Å²) in [5.74, 6) is 0.853. The highest BCUT2D eigenvalue weighted by Gasteiger charge is 2.22. The fourth-order valence-electron chi connectivity index (χ4n) is 3.71. The van der Waals surface area contributed by atoms with E-state index >= 15 is 0 Å². The molecule has 2 saturated heterocycles. The van der Waals surface area contributed by atoms with Crippen molar-refractivity contribution in [1.82, 2.24) is 20.1 Å².